The number of rotatable bonds is 4. The molecule has 1 aromatic heterocycles. The summed E-state index contributed by atoms with van der Waals surface area (Å²) in [5, 5.41) is 0. The van der Waals surface area contributed by atoms with E-state index >= 15 is 0 Å². The highest BCUT2D eigenvalue weighted by Gasteiger charge is 2.04. The van der Waals surface area contributed by atoms with Crippen LogP contribution in [-0.2, 0) is 6.61 Å². The average Bonchev–Trinajstić information content (AvgIpc) is 2.38. The molecule has 0 aliphatic carbocycles. The minimum Gasteiger partial charge on any atom is -0.488 e. The van der Waals surface area contributed by atoms with Crippen LogP contribution in [-0.4, -0.2) is 11.3 Å². The normalized spacial score (nSPS) is 9.94. The van der Waals surface area contributed by atoms with Crippen molar-refractivity contribution < 1.29 is 13.9 Å². The van der Waals surface area contributed by atoms with Gasteiger partial charge in [0.1, 0.15) is 18.2 Å². The third kappa shape index (κ3) is 2.87. The molecule has 0 saturated carbocycles. The van der Waals surface area contributed by atoms with Gasteiger partial charge in [-0.15, -0.1) is 0 Å². The van der Waals surface area contributed by atoms with E-state index in [1.165, 1.54) is 12.1 Å². The molecule has 0 N–H and O–H groups in total. The summed E-state index contributed by atoms with van der Waals surface area (Å²) in [6.45, 7) is 0.314. The Morgan fingerprint density at radius 3 is 2.71 bits per heavy atom. The topological polar surface area (TPSA) is 39.2 Å². The van der Waals surface area contributed by atoms with Crippen molar-refractivity contribution in [3.63, 3.8) is 0 Å². The first-order valence-electron chi connectivity index (χ1n) is 5.06. The maximum absolute atomic E-state index is 12.9. The van der Waals surface area contributed by atoms with Gasteiger partial charge in [0.05, 0.1) is 5.56 Å². The van der Waals surface area contributed by atoms with Gasteiger partial charge < -0.3 is 4.74 Å². The highest BCUT2D eigenvalue weighted by molar-refractivity contribution is 5.79. The molecule has 3 nitrogen and oxygen atoms in total. The molecule has 86 valence electrons. The Hall–Kier alpha value is -2.23. The van der Waals surface area contributed by atoms with Crippen molar-refractivity contribution in [1.29, 1.82) is 0 Å². The SMILES string of the molecule is O=Cc1cc(F)ccc1OCc1ccncc1. The fourth-order valence-electron chi connectivity index (χ4n) is 1.38. The van der Waals surface area contributed by atoms with Crippen LogP contribution in [0.2, 0.25) is 0 Å². The maximum Gasteiger partial charge on any atom is 0.153 e. The number of carbonyl (C=O) groups excluding carboxylic acids is 1. The van der Waals surface area contributed by atoms with E-state index in [2.05, 4.69) is 4.98 Å². The molecule has 0 amide bonds. The zero-order valence-corrected chi connectivity index (χ0v) is 8.97. The summed E-state index contributed by atoms with van der Waals surface area (Å²) in [5.74, 6) is -0.0819. The van der Waals surface area contributed by atoms with Crippen molar-refractivity contribution in [2.45, 2.75) is 6.61 Å². The third-order valence-electron chi connectivity index (χ3n) is 2.24. The molecule has 17 heavy (non-hydrogen) atoms. The van der Waals surface area contributed by atoms with Gasteiger partial charge in [-0.25, -0.2) is 4.39 Å². The second-order valence-corrected chi connectivity index (χ2v) is 3.44. The molecule has 0 aliphatic rings. The monoisotopic (exact) mass is 231 g/mol. The number of ether oxygens (including phenoxy) is 1. The fourth-order valence-corrected chi connectivity index (χ4v) is 1.38. The van der Waals surface area contributed by atoms with E-state index in [0.29, 0.717) is 18.6 Å². The molecule has 0 saturated heterocycles. The van der Waals surface area contributed by atoms with Crippen LogP contribution in [0, 0.1) is 5.82 Å². The largest absolute Gasteiger partial charge is 0.488 e. The molecule has 2 aromatic rings. The number of benzene rings is 1. The molecule has 4 heteroatoms. The first-order chi connectivity index (χ1) is 8.29. The molecule has 0 fully saturated rings. The van der Waals surface area contributed by atoms with Crippen molar-refractivity contribution in [3.8, 4) is 5.75 Å². The predicted molar refractivity (Wildman–Crippen MR) is 60.4 cm³/mol. The standard InChI is InChI=1S/C13H10FNO2/c14-12-1-2-13(11(7-12)8-16)17-9-10-3-5-15-6-4-10/h1-8H,9H2. The fraction of sp³-hybridized carbons (Fsp3) is 0.0769. The molecule has 0 unspecified atom stereocenters. The van der Waals surface area contributed by atoms with E-state index in [1.807, 2.05) is 12.1 Å². The molecule has 0 bridgehead atoms. The Kier molecular flexibility index (Phi) is 3.45. The van der Waals surface area contributed by atoms with Crippen LogP contribution < -0.4 is 4.74 Å². The number of pyridine rings is 1. The molecule has 0 aliphatic heterocycles. The van der Waals surface area contributed by atoms with Crippen LogP contribution in [0.3, 0.4) is 0 Å². The molecular formula is C13H10FNO2. The summed E-state index contributed by atoms with van der Waals surface area (Å²) in [4.78, 5) is 14.6. The van der Waals surface area contributed by atoms with E-state index in [4.69, 9.17) is 4.74 Å². The van der Waals surface area contributed by atoms with E-state index in [-0.39, 0.29) is 5.56 Å². The second kappa shape index (κ2) is 5.21. The highest BCUT2D eigenvalue weighted by Crippen LogP contribution is 2.19. The first-order valence-corrected chi connectivity index (χ1v) is 5.06. The lowest BCUT2D eigenvalue weighted by molar-refractivity contribution is 0.111. The zero-order valence-electron chi connectivity index (χ0n) is 8.97. The van der Waals surface area contributed by atoms with E-state index < -0.39 is 5.82 Å². The predicted octanol–water partition coefficient (Wildman–Crippen LogP) is 2.61. The zero-order chi connectivity index (χ0) is 12.1. The quantitative estimate of drug-likeness (QED) is 0.759. The summed E-state index contributed by atoms with van der Waals surface area (Å²) in [6, 6.07) is 7.47. The van der Waals surface area contributed by atoms with Gasteiger partial charge in [-0.05, 0) is 35.9 Å². The number of nitrogens with zero attached hydrogens (tertiary/aromatic N) is 1. The maximum atomic E-state index is 12.9. The van der Waals surface area contributed by atoms with E-state index in [1.54, 1.807) is 12.4 Å². The van der Waals surface area contributed by atoms with Gasteiger partial charge in [0.15, 0.2) is 6.29 Å². The summed E-state index contributed by atoms with van der Waals surface area (Å²) in [7, 11) is 0. The van der Waals surface area contributed by atoms with Crippen LogP contribution in [0.1, 0.15) is 15.9 Å². The van der Waals surface area contributed by atoms with E-state index in [9.17, 15) is 9.18 Å². The van der Waals surface area contributed by atoms with Crippen molar-refractivity contribution >= 4 is 6.29 Å². The lowest BCUT2D eigenvalue weighted by Gasteiger charge is -2.08. The minimum atomic E-state index is -0.455. The van der Waals surface area contributed by atoms with Crippen molar-refractivity contribution in [3.05, 3.63) is 59.7 Å². The summed E-state index contributed by atoms with van der Waals surface area (Å²) < 4.78 is 18.3. The first kappa shape index (κ1) is 11.3. The molecule has 0 spiro atoms. The van der Waals surface area contributed by atoms with Gasteiger partial charge >= 0.3 is 0 Å². The Morgan fingerprint density at radius 2 is 2.00 bits per heavy atom. The summed E-state index contributed by atoms with van der Waals surface area (Å²) in [5.41, 5.74) is 1.14. The Labute approximate surface area is 97.9 Å². The lowest BCUT2D eigenvalue weighted by Crippen LogP contribution is -1.98. The molecular weight excluding hydrogens is 221 g/mol. The average molecular weight is 231 g/mol. The smallest absolute Gasteiger partial charge is 0.153 e. The van der Waals surface area contributed by atoms with Crippen LogP contribution >= 0.6 is 0 Å². The van der Waals surface area contributed by atoms with Crippen molar-refractivity contribution in [2.75, 3.05) is 0 Å². The van der Waals surface area contributed by atoms with Crippen molar-refractivity contribution in [2.24, 2.45) is 0 Å². The number of hydrogen-bond donors (Lipinski definition) is 0. The Morgan fingerprint density at radius 1 is 1.24 bits per heavy atom. The molecule has 2 rings (SSSR count). The summed E-state index contributed by atoms with van der Waals surface area (Å²) in [6.07, 6.45) is 3.89. The van der Waals surface area contributed by atoms with E-state index in [0.717, 1.165) is 11.6 Å². The Bertz CT molecular complexity index is 514. The number of aldehydes is 1. The van der Waals surface area contributed by atoms with Gasteiger partial charge in [0, 0.05) is 12.4 Å². The van der Waals surface area contributed by atoms with Gasteiger partial charge in [0.2, 0.25) is 0 Å². The van der Waals surface area contributed by atoms with Crippen LogP contribution in [0.4, 0.5) is 4.39 Å². The third-order valence-corrected chi connectivity index (χ3v) is 2.24. The van der Waals surface area contributed by atoms with Gasteiger partial charge in [0.25, 0.3) is 0 Å². The van der Waals surface area contributed by atoms with Crippen LogP contribution in [0.15, 0.2) is 42.7 Å². The number of aromatic nitrogens is 1. The number of halogens is 1. The minimum absolute atomic E-state index is 0.207. The number of hydrogen-bond acceptors (Lipinski definition) is 3. The summed E-state index contributed by atoms with van der Waals surface area (Å²) >= 11 is 0. The molecule has 1 heterocycles. The molecule has 0 atom stereocenters. The van der Waals surface area contributed by atoms with Crippen LogP contribution in [0.5, 0.6) is 5.75 Å². The molecule has 1 aromatic carbocycles. The number of carbonyl (C=O) groups is 1. The van der Waals surface area contributed by atoms with Crippen molar-refractivity contribution in [1.82, 2.24) is 4.98 Å². The van der Waals surface area contributed by atoms with Gasteiger partial charge in [-0.1, -0.05) is 0 Å². The van der Waals surface area contributed by atoms with Gasteiger partial charge in [-0.3, -0.25) is 9.78 Å². The van der Waals surface area contributed by atoms with Gasteiger partial charge in [-0.2, -0.15) is 0 Å². The van der Waals surface area contributed by atoms with Crippen LogP contribution in [0.25, 0.3) is 0 Å². The second-order valence-electron chi connectivity index (χ2n) is 3.44. The Balaban J connectivity index is 2.11. The highest BCUT2D eigenvalue weighted by atomic mass is 19.1. The lowest BCUT2D eigenvalue weighted by atomic mass is 10.2. The molecule has 0 radical (unpaired) electrons.